The van der Waals surface area contributed by atoms with E-state index < -0.39 is 60.6 Å². The van der Waals surface area contributed by atoms with Crippen LogP contribution in [0.3, 0.4) is 0 Å². The number of piperidine rings is 1. The van der Waals surface area contributed by atoms with Crippen molar-refractivity contribution in [1.29, 1.82) is 0 Å². The maximum absolute atomic E-state index is 13.6. The van der Waals surface area contributed by atoms with Crippen molar-refractivity contribution in [2.24, 2.45) is 0 Å². The maximum Gasteiger partial charge on any atom is 0.406 e. The summed E-state index contributed by atoms with van der Waals surface area (Å²) in [6.07, 6.45) is -4.26. The normalized spacial score (nSPS) is 18.6. The number of likely N-dealkylation sites (tertiary alicyclic amines) is 1. The molecular weight excluding hydrogens is 403 g/mol. The van der Waals surface area contributed by atoms with E-state index in [0.29, 0.717) is 0 Å². The summed E-state index contributed by atoms with van der Waals surface area (Å²) in [6.45, 7) is -1.89. The van der Waals surface area contributed by atoms with Gasteiger partial charge in [0.15, 0.2) is 0 Å². The Bertz CT molecular complexity index is 804. The van der Waals surface area contributed by atoms with Gasteiger partial charge in [0.2, 0.25) is 0 Å². The summed E-state index contributed by atoms with van der Waals surface area (Å²) in [5.41, 5.74) is -0.581. The van der Waals surface area contributed by atoms with Gasteiger partial charge in [0.05, 0.1) is 0 Å². The fraction of sp³-hybridized carbons (Fsp3) is 0.471. The zero-order valence-electron chi connectivity index (χ0n) is 15.0. The molecule has 0 aromatic heterocycles. The number of hydrogen-bond donors (Lipinski definition) is 1. The number of amides is 5. The zero-order valence-corrected chi connectivity index (χ0v) is 15.0. The highest BCUT2D eigenvalue weighted by atomic mass is 19.4. The Morgan fingerprint density at radius 2 is 1.69 bits per heavy atom. The number of alkyl halides is 3. The minimum atomic E-state index is -4.69. The average Bonchev–Trinajstić information content (AvgIpc) is 2.92. The number of anilines is 1. The maximum atomic E-state index is 13.6. The second-order valence-corrected chi connectivity index (χ2v) is 6.75. The Balaban J connectivity index is 1.57. The number of nitrogens with zero attached hydrogens (tertiary/aromatic N) is 3. The molecule has 0 saturated carbocycles. The second kappa shape index (κ2) is 7.84. The molecule has 12 heteroatoms. The van der Waals surface area contributed by atoms with Crippen molar-refractivity contribution in [3.05, 3.63) is 29.8 Å². The Morgan fingerprint density at radius 1 is 1.10 bits per heavy atom. The SMILES string of the molecule is O=C(Nc1c(F)cccc1F)N1CCC(N2CC(=O)N(CC(F)(F)F)C2=O)CC1. The van der Waals surface area contributed by atoms with E-state index in [-0.39, 0.29) is 30.8 Å². The Kier molecular flexibility index (Phi) is 5.62. The molecular formula is C17H17F5N4O3. The van der Waals surface area contributed by atoms with E-state index >= 15 is 0 Å². The number of urea groups is 2. The van der Waals surface area contributed by atoms with Crippen LogP contribution in [0.2, 0.25) is 0 Å². The van der Waals surface area contributed by atoms with Gasteiger partial charge in [-0.1, -0.05) is 6.07 Å². The minimum absolute atomic E-state index is 0.101. The van der Waals surface area contributed by atoms with Crippen molar-refractivity contribution in [2.45, 2.75) is 25.1 Å². The van der Waals surface area contributed by atoms with E-state index in [9.17, 15) is 36.3 Å². The molecule has 29 heavy (non-hydrogen) atoms. The highest BCUT2D eigenvalue weighted by molar-refractivity contribution is 6.02. The summed E-state index contributed by atoms with van der Waals surface area (Å²) in [5, 5.41) is 2.15. The number of hydrogen-bond acceptors (Lipinski definition) is 3. The summed E-state index contributed by atoms with van der Waals surface area (Å²) < 4.78 is 64.9. The highest BCUT2D eigenvalue weighted by Gasteiger charge is 2.45. The van der Waals surface area contributed by atoms with Gasteiger partial charge in [-0.15, -0.1) is 0 Å². The Morgan fingerprint density at radius 3 is 2.24 bits per heavy atom. The van der Waals surface area contributed by atoms with Crippen LogP contribution in [0.5, 0.6) is 0 Å². The van der Waals surface area contributed by atoms with Gasteiger partial charge >= 0.3 is 18.2 Å². The number of benzene rings is 1. The van der Waals surface area contributed by atoms with Crippen LogP contribution in [0, 0.1) is 11.6 Å². The molecule has 2 heterocycles. The molecule has 1 aromatic rings. The van der Waals surface area contributed by atoms with E-state index in [2.05, 4.69) is 5.32 Å². The van der Waals surface area contributed by atoms with Crippen molar-refractivity contribution in [1.82, 2.24) is 14.7 Å². The van der Waals surface area contributed by atoms with Crippen molar-refractivity contribution in [2.75, 3.05) is 31.5 Å². The fourth-order valence-electron chi connectivity index (χ4n) is 3.36. The minimum Gasteiger partial charge on any atom is -0.324 e. The third-order valence-electron chi connectivity index (χ3n) is 4.81. The summed E-state index contributed by atoms with van der Waals surface area (Å²) in [7, 11) is 0. The summed E-state index contributed by atoms with van der Waals surface area (Å²) in [4.78, 5) is 38.7. The molecule has 2 fully saturated rings. The van der Waals surface area contributed by atoms with E-state index in [4.69, 9.17) is 0 Å². The molecule has 0 atom stereocenters. The molecule has 0 bridgehead atoms. The van der Waals surface area contributed by atoms with Gasteiger partial charge in [-0.2, -0.15) is 13.2 Å². The van der Waals surface area contributed by atoms with Gasteiger partial charge in [-0.25, -0.2) is 18.4 Å². The largest absolute Gasteiger partial charge is 0.406 e. The summed E-state index contributed by atoms with van der Waals surface area (Å²) in [5.74, 6) is -2.79. The van der Waals surface area contributed by atoms with Gasteiger partial charge in [0.25, 0.3) is 5.91 Å². The third-order valence-corrected chi connectivity index (χ3v) is 4.81. The van der Waals surface area contributed by atoms with Crippen LogP contribution in [-0.4, -0.2) is 71.1 Å². The number of carbonyl (C=O) groups is 3. The molecule has 5 amide bonds. The molecule has 0 spiro atoms. The molecule has 158 valence electrons. The number of rotatable bonds is 3. The van der Waals surface area contributed by atoms with Crippen LogP contribution in [-0.2, 0) is 4.79 Å². The molecule has 2 aliphatic rings. The Labute approximate surface area is 162 Å². The molecule has 0 aliphatic carbocycles. The van der Waals surface area contributed by atoms with Gasteiger partial charge in [-0.3, -0.25) is 9.69 Å². The standard InChI is InChI=1S/C17H17F5N4O3/c18-11-2-1-3-12(19)14(11)23-15(28)24-6-4-10(5-7-24)25-8-13(27)26(16(25)29)9-17(20,21)22/h1-3,10H,4-9H2,(H,23,28). The van der Waals surface area contributed by atoms with E-state index in [1.165, 1.54) is 4.90 Å². The van der Waals surface area contributed by atoms with Gasteiger partial charge in [0, 0.05) is 19.1 Å². The van der Waals surface area contributed by atoms with Crippen LogP contribution in [0.4, 0.5) is 37.2 Å². The van der Waals surface area contributed by atoms with Crippen LogP contribution in [0.15, 0.2) is 18.2 Å². The predicted molar refractivity (Wildman–Crippen MR) is 89.8 cm³/mol. The molecule has 3 rings (SSSR count). The van der Waals surface area contributed by atoms with Crippen LogP contribution >= 0.6 is 0 Å². The third kappa shape index (κ3) is 4.57. The molecule has 7 nitrogen and oxygen atoms in total. The molecule has 1 aromatic carbocycles. The number of carbonyl (C=O) groups excluding carboxylic acids is 3. The Hall–Kier alpha value is -2.92. The first kappa shape index (κ1) is 20.8. The molecule has 0 unspecified atom stereocenters. The highest BCUT2D eigenvalue weighted by Crippen LogP contribution is 2.26. The lowest BCUT2D eigenvalue weighted by molar-refractivity contribution is -0.151. The van der Waals surface area contributed by atoms with E-state index in [1.807, 2.05) is 0 Å². The number of para-hydroxylation sites is 1. The predicted octanol–water partition coefficient (Wildman–Crippen LogP) is 2.79. The lowest BCUT2D eigenvalue weighted by Crippen LogP contribution is -2.49. The van der Waals surface area contributed by atoms with Gasteiger partial charge < -0.3 is 15.1 Å². The smallest absolute Gasteiger partial charge is 0.324 e. The molecule has 2 saturated heterocycles. The van der Waals surface area contributed by atoms with Crippen LogP contribution in [0.1, 0.15) is 12.8 Å². The number of nitrogens with one attached hydrogen (secondary N) is 1. The van der Waals surface area contributed by atoms with E-state index in [1.54, 1.807) is 0 Å². The first-order chi connectivity index (χ1) is 13.6. The lowest BCUT2D eigenvalue weighted by Gasteiger charge is -2.36. The van der Waals surface area contributed by atoms with Crippen molar-refractivity contribution >= 4 is 23.7 Å². The van der Waals surface area contributed by atoms with E-state index in [0.717, 1.165) is 23.1 Å². The van der Waals surface area contributed by atoms with Gasteiger partial charge in [-0.05, 0) is 25.0 Å². The zero-order chi connectivity index (χ0) is 21.3. The number of imide groups is 1. The number of halogens is 5. The summed E-state index contributed by atoms with van der Waals surface area (Å²) in [6, 6.07) is 0.876. The van der Waals surface area contributed by atoms with Crippen LogP contribution < -0.4 is 5.32 Å². The molecule has 0 radical (unpaired) electrons. The van der Waals surface area contributed by atoms with Gasteiger partial charge in [0.1, 0.15) is 30.4 Å². The monoisotopic (exact) mass is 420 g/mol. The lowest BCUT2D eigenvalue weighted by atomic mass is 10.0. The van der Waals surface area contributed by atoms with Crippen LogP contribution in [0.25, 0.3) is 0 Å². The molecule has 2 aliphatic heterocycles. The average molecular weight is 420 g/mol. The topological polar surface area (TPSA) is 73.0 Å². The first-order valence-corrected chi connectivity index (χ1v) is 8.74. The van der Waals surface area contributed by atoms with Crippen molar-refractivity contribution in [3.8, 4) is 0 Å². The molecule has 1 N–H and O–H groups in total. The van der Waals surface area contributed by atoms with Crippen molar-refractivity contribution < 1.29 is 36.3 Å². The van der Waals surface area contributed by atoms with Crippen molar-refractivity contribution in [3.63, 3.8) is 0 Å². The second-order valence-electron chi connectivity index (χ2n) is 6.75. The fourth-order valence-corrected chi connectivity index (χ4v) is 3.36. The first-order valence-electron chi connectivity index (χ1n) is 8.74. The quantitative estimate of drug-likeness (QED) is 0.604. The summed E-state index contributed by atoms with van der Waals surface area (Å²) >= 11 is 0.